The van der Waals surface area contributed by atoms with Crippen molar-refractivity contribution in [2.24, 2.45) is 0 Å². The predicted molar refractivity (Wildman–Crippen MR) is 107 cm³/mol. The van der Waals surface area contributed by atoms with Crippen LogP contribution in [-0.2, 0) is 0 Å². The number of rotatable bonds is 6. The minimum atomic E-state index is -0.0343. The van der Waals surface area contributed by atoms with Gasteiger partial charge in [-0.05, 0) is 49.6 Å². The van der Waals surface area contributed by atoms with E-state index in [2.05, 4.69) is 36.7 Å². The van der Waals surface area contributed by atoms with Crippen LogP contribution in [0, 0.1) is 0 Å². The molecule has 2 aromatic rings. The second-order valence-electron chi connectivity index (χ2n) is 7.02. The van der Waals surface area contributed by atoms with Crippen molar-refractivity contribution in [2.45, 2.75) is 25.9 Å². The highest BCUT2D eigenvalue weighted by Crippen LogP contribution is 2.20. The molecule has 1 aliphatic rings. The van der Waals surface area contributed by atoms with Crippen LogP contribution in [0.1, 0.15) is 35.1 Å². The van der Waals surface area contributed by atoms with Gasteiger partial charge in [-0.15, -0.1) is 11.3 Å². The molecule has 3 N–H and O–H groups in total. The Morgan fingerprint density at radius 2 is 1.88 bits per heavy atom. The summed E-state index contributed by atoms with van der Waals surface area (Å²) in [6, 6.07) is 11.7. The third-order valence-corrected chi connectivity index (χ3v) is 6.56. The molecule has 2 atom stereocenters. The van der Waals surface area contributed by atoms with Crippen LogP contribution >= 0.6 is 22.9 Å². The minimum absolute atomic E-state index is 0.0343. The molecule has 26 heavy (non-hydrogen) atoms. The van der Waals surface area contributed by atoms with Gasteiger partial charge in [0.05, 0.1) is 17.5 Å². The van der Waals surface area contributed by atoms with E-state index in [9.17, 15) is 4.79 Å². The van der Waals surface area contributed by atoms with Crippen molar-refractivity contribution in [3.63, 3.8) is 0 Å². The van der Waals surface area contributed by atoms with Crippen molar-refractivity contribution in [2.75, 3.05) is 32.7 Å². The fourth-order valence-corrected chi connectivity index (χ4v) is 4.95. The monoisotopic (exact) mass is 393 g/mol. The molecule has 6 heteroatoms. The normalized spacial score (nSPS) is 22.6. The third-order valence-electron chi connectivity index (χ3n) is 5.35. The number of amides is 1. The van der Waals surface area contributed by atoms with E-state index in [1.807, 2.05) is 0 Å². The van der Waals surface area contributed by atoms with Gasteiger partial charge in [0.25, 0.3) is 5.91 Å². The number of thiophene rings is 1. The maximum atomic E-state index is 12.7. The standard InChI is InChI=1S/C20H26ClN3OS/c1-3-23-10-12-24(13-11-23)19(18-5-4-14-26-18)15(2)22-20(25)16-6-8-17(21)9-7-16/h4-9,14-15,19H,3,10-13H2,1-2H3,(H,22,25)/p+2/t15-,19-/m0/s1. The van der Waals surface area contributed by atoms with E-state index in [-0.39, 0.29) is 11.9 Å². The molecule has 0 unspecified atom stereocenters. The lowest BCUT2D eigenvalue weighted by atomic mass is 10.0. The first-order valence-electron chi connectivity index (χ1n) is 9.36. The number of carbonyl (C=O) groups excluding carboxylic acids is 1. The van der Waals surface area contributed by atoms with Gasteiger partial charge in [0.1, 0.15) is 32.2 Å². The molecule has 0 bridgehead atoms. The van der Waals surface area contributed by atoms with Crippen molar-refractivity contribution in [3.8, 4) is 0 Å². The van der Waals surface area contributed by atoms with Crippen LogP contribution in [-0.4, -0.2) is 44.7 Å². The number of carbonyl (C=O) groups is 1. The van der Waals surface area contributed by atoms with Crippen LogP contribution in [0.4, 0.5) is 0 Å². The maximum absolute atomic E-state index is 12.7. The Morgan fingerprint density at radius 1 is 1.19 bits per heavy atom. The van der Waals surface area contributed by atoms with Crippen LogP contribution in [0.2, 0.25) is 5.02 Å². The zero-order valence-electron chi connectivity index (χ0n) is 15.4. The number of halogens is 1. The van der Waals surface area contributed by atoms with Crippen molar-refractivity contribution in [1.29, 1.82) is 0 Å². The highest BCUT2D eigenvalue weighted by molar-refractivity contribution is 7.10. The summed E-state index contributed by atoms with van der Waals surface area (Å²) in [5.74, 6) is -0.0343. The summed E-state index contributed by atoms with van der Waals surface area (Å²) in [4.78, 5) is 17.3. The minimum Gasteiger partial charge on any atom is -0.343 e. The van der Waals surface area contributed by atoms with Gasteiger partial charge in [-0.1, -0.05) is 17.7 Å². The Balaban J connectivity index is 1.72. The fourth-order valence-electron chi connectivity index (χ4n) is 3.83. The molecule has 1 aromatic heterocycles. The molecular weight excluding hydrogens is 366 g/mol. The Hall–Kier alpha value is -1.40. The molecule has 0 saturated carbocycles. The number of hydrogen-bond donors (Lipinski definition) is 3. The van der Waals surface area contributed by atoms with Gasteiger partial charge in [-0.25, -0.2) is 0 Å². The topological polar surface area (TPSA) is 38.0 Å². The van der Waals surface area contributed by atoms with Crippen molar-refractivity contribution in [1.82, 2.24) is 5.32 Å². The molecule has 4 nitrogen and oxygen atoms in total. The van der Waals surface area contributed by atoms with E-state index in [0.717, 1.165) is 13.1 Å². The number of benzene rings is 1. The van der Waals surface area contributed by atoms with E-state index in [1.54, 1.807) is 45.4 Å². The van der Waals surface area contributed by atoms with Crippen molar-refractivity contribution >= 4 is 28.8 Å². The molecule has 140 valence electrons. The number of quaternary nitrogens is 2. The number of hydrogen-bond acceptors (Lipinski definition) is 2. The summed E-state index contributed by atoms with van der Waals surface area (Å²) in [5, 5.41) is 6.00. The number of piperazine rings is 1. The summed E-state index contributed by atoms with van der Waals surface area (Å²) < 4.78 is 0. The summed E-state index contributed by atoms with van der Waals surface area (Å²) in [5.41, 5.74) is 0.654. The first-order chi connectivity index (χ1) is 12.6. The maximum Gasteiger partial charge on any atom is 0.251 e. The Kier molecular flexibility index (Phi) is 6.70. The van der Waals surface area contributed by atoms with Crippen LogP contribution in [0.15, 0.2) is 41.8 Å². The highest BCUT2D eigenvalue weighted by Gasteiger charge is 2.35. The average Bonchev–Trinajstić information content (AvgIpc) is 3.17. The molecule has 1 aliphatic heterocycles. The molecule has 2 heterocycles. The number of nitrogens with one attached hydrogen (secondary N) is 3. The first kappa shape index (κ1) is 19.4. The summed E-state index contributed by atoms with van der Waals surface area (Å²) >= 11 is 7.72. The lowest BCUT2D eigenvalue weighted by Gasteiger charge is -2.36. The summed E-state index contributed by atoms with van der Waals surface area (Å²) in [6.07, 6.45) is 0. The largest absolute Gasteiger partial charge is 0.343 e. The highest BCUT2D eigenvalue weighted by atomic mass is 35.5. The van der Waals surface area contributed by atoms with Crippen LogP contribution in [0.5, 0.6) is 0 Å². The summed E-state index contributed by atoms with van der Waals surface area (Å²) in [6.45, 7) is 10.3. The van der Waals surface area contributed by atoms with Gasteiger partial charge in [0.2, 0.25) is 0 Å². The van der Waals surface area contributed by atoms with Crippen molar-refractivity contribution < 1.29 is 14.6 Å². The summed E-state index contributed by atoms with van der Waals surface area (Å²) in [7, 11) is 0. The van der Waals surface area contributed by atoms with Gasteiger partial charge >= 0.3 is 0 Å². The Bertz CT molecular complexity index is 696. The van der Waals surface area contributed by atoms with E-state index in [1.165, 1.54) is 24.5 Å². The van der Waals surface area contributed by atoms with Crippen LogP contribution in [0.25, 0.3) is 0 Å². The molecule has 1 amide bonds. The van der Waals surface area contributed by atoms with E-state index in [0.29, 0.717) is 16.6 Å². The van der Waals surface area contributed by atoms with Crippen molar-refractivity contribution in [3.05, 3.63) is 57.2 Å². The van der Waals surface area contributed by atoms with Gasteiger partial charge in [-0.2, -0.15) is 0 Å². The van der Waals surface area contributed by atoms with Crippen LogP contribution in [0.3, 0.4) is 0 Å². The van der Waals surface area contributed by atoms with E-state index < -0.39 is 0 Å². The number of likely N-dealkylation sites (N-methyl/N-ethyl adjacent to an activating group) is 1. The molecule has 0 aliphatic carbocycles. The molecular formula is C20H28ClN3OS+2. The van der Waals surface area contributed by atoms with Crippen LogP contribution < -0.4 is 15.1 Å². The molecule has 1 aromatic carbocycles. The second-order valence-corrected chi connectivity index (χ2v) is 8.44. The molecule has 3 rings (SSSR count). The lowest BCUT2D eigenvalue weighted by molar-refractivity contribution is -1.03. The zero-order chi connectivity index (χ0) is 18.5. The molecule has 1 fully saturated rings. The molecule has 1 saturated heterocycles. The van der Waals surface area contributed by atoms with Gasteiger partial charge < -0.3 is 15.1 Å². The molecule has 0 radical (unpaired) electrons. The second kappa shape index (κ2) is 9.00. The Labute approximate surface area is 164 Å². The Morgan fingerprint density at radius 3 is 2.46 bits per heavy atom. The van der Waals surface area contributed by atoms with Gasteiger partial charge in [-0.3, -0.25) is 4.79 Å². The first-order valence-corrected chi connectivity index (χ1v) is 10.6. The average molecular weight is 394 g/mol. The van der Waals surface area contributed by atoms with E-state index in [4.69, 9.17) is 11.6 Å². The van der Waals surface area contributed by atoms with E-state index >= 15 is 0 Å². The smallest absolute Gasteiger partial charge is 0.251 e. The predicted octanol–water partition coefficient (Wildman–Crippen LogP) is 1.06. The van der Waals surface area contributed by atoms with Gasteiger partial charge in [0, 0.05) is 10.6 Å². The SMILES string of the molecule is CC[NH+]1CC[NH+]([C@H](c2cccs2)[C@H](C)NC(=O)c2ccc(Cl)cc2)CC1. The fraction of sp³-hybridized carbons (Fsp3) is 0.450. The third kappa shape index (κ3) is 4.65. The van der Waals surface area contributed by atoms with Gasteiger partial charge in [0.15, 0.2) is 0 Å². The lowest BCUT2D eigenvalue weighted by Crippen LogP contribution is -3.28. The quantitative estimate of drug-likeness (QED) is 0.674. The molecule has 0 spiro atoms. The zero-order valence-corrected chi connectivity index (χ0v) is 17.0.